The minimum Gasteiger partial charge on any atom is -0.478 e. The maximum atomic E-state index is 10.2. The maximum absolute atomic E-state index is 10.2. The quantitative estimate of drug-likeness (QED) is 0.752. The summed E-state index contributed by atoms with van der Waals surface area (Å²) in [5.41, 5.74) is -0.00627. The van der Waals surface area contributed by atoms with Gasteiger partial charge in [0.25, 0.3) is 0 Å². The second kappa shape index (κ2) is 9.53. The highest BCUT2D eigenvalue weighted by molar-refractivity contribution is 5.87. The molecule has 1 rings (SSSR count). The van der Waals surface area contributed by atoms with Crippen LogP contribution in [-0.2, 0) is 0 Å². The Kier molecular flexibility index (Phi) is 8.90. The lowest BCUT2D eigenvalue weighted by Crippen LogP contribution is -2.39. The van der Waals surface area contributed by atoms with Crippen molar-refractivity contribution in [1.82, 2.24) is 0 Å². The van der Waals surface area contributed by atoms with Crippen LogP contribution in [0, 0.1) is 5.41 Å². The Balaban J connectivity index is 0.000000394. The first-order valence-corrected chi connectivity index (χ1v) is 7.40. The van der Waals surface area contributed by atoms with E-state index in [1.54, 1.807) is 44.2 Å². The molecular formula is C17H28O4. The van der Waals surface area contributed by atoms with Gasteiger partial charge in [0, 0.05) is 5.41 Å². The topological polar surface area (TPSA) is 77.8 Å². The van der Waals surface area contributed by atoms with Gasteiger partial charge in [-0.2, -0.15) is 0 Å². The Labute approximate surface area is 127 Å². The van der Waals surface area contributed by atoms with E-state index >= 15 is 0 Å². The molecule has 0 heterocycles. The standard InChI is InChI=1S/C10H22O2.C7H6O2/c1-5-6-7-10(4,8(2)11)9(3)12;8-7(9)6-4-2-1-3-5-6/h8-9,11-12H,5-7H2,1-4H3;1-5H,(H,8,9). The summed E-state index contributed by atoms with van der Waals surface area (Å²) in [6.07, 6.45) is 2.17. The number of carboxylic acid groups (broad SMARTS) is 1. The fourth-order valence-electron chi connectivity index (χ4n) is 1.91. The summed E-state index contributed by atoms with van der Waals surface area (Å²) in [6.45, 7) is 7.56. The number of hydrogen-bond acceptors (Lipinski definition) is 3. The molecule has 2 unspecified atom stereocenters. The molecule has 0 aliphatic carbocycles. The molecule has 0 saturated carbocycles. The van der Waals surface area contributed by atoms with E-state index < -0.39 is 18.2 Å². The van der Waals surface area contributed by atoms with Crippen LogP contribution in [0.15, 0.2) is 30.3 Å². The van der Waals surface area contributed by atoms with Crippen LogP contribution in [0.4, 0.5) is 0 Å². The Morgan fingerprint density at radius 1 is 1.14 bits per heavy atom. The van der Waals surface area contributed by atoms with Crippen LogP contribution in [0.3, 0.4) is 0 Å². The first-order valence-electron chi connectivity index (χ1n) is 7.40. The first-order chi connectivity index (χ1) is 9.75. The lowest BCUT2D eigenvalue weighted by atomic mass is 9.76. The summed E-state index contributed by atoms with van der Waals surface area (Å²) in [6, 6.07) is 8.30. The van der Waals surface area contributed by atoms with Gasteiger partial charge in [0.2, 0.25) is 0 Å². The van der Waals surface area contributed by atoms with E-state index in [0.717, 1.165) is 19.3 Å². The summed E-state index contributed by atoms with van der Waals surface area (Å²) in [5.74, 6) is -0.879. The summed E-state index contributed by atoms with van der Waals surface area (Å²) in [7, 11) is 0. The molecule has 4 heteroatoms. The van der Waals surface area contributed by atoms with Crippen molar-refractivity contribution in [2.24, 2.45) is 5.41 Å². The van der Waals surface area contributed by atoms with Crippen LogP contribution < -0.4 is 0 Å². The Bertz CT molecular complexity index is 391. The third-order valence-corrected chi connectivity index (χ3v) is 4.00. The molecule has 0 amide bonds. The van der Waals surface area contributed by atoms with Crippen molar-refractivity contribution in [2.75, 3.05) is 0 Å². The molecule has 0 saturated heterocycles. The Morgan fingerprint density at radius 2 is 1.62 bits per heavy atom. The van der Waals surface area contributed by atoms with Gasteiger partial charge in [-0.05, 0) is 32.4 Å². The van der Waals surface area contributed by atoms with E-state index in [9.17, 15) is 15.0 Å². The highest BCUT2D eigenvalue weighted by Gasteiger charge is 2.34. The zero-order chi connectivity index (χ0) is 16.5. The molecule has 0 aliphatic heterocycles. The number of unbranched alkanes of at least 4 members (excludes halogenated alkanes) is 1. The van der Waals surface area contributed by atoms with Gasteiger partial charge in [-0.3, -0.25) is 0 Å². The fourth-order valence-corrected chi connectivity index (χ4v) is 1.91. The van der Waals surface area contributed by atoms with Crippen molar-refractivity contribution in [3.8, 4) is 0 Å². The molecule has 1 aromatic rings. The highest BCUT2D eigenvalue weighted by atomic mass is 16.4. The summed E-state index contributed by atoms with van der Waals surface area (Å²) in [4.78, 5) is 10.2. The molecule has 0 spiro atoms. The number of hydrogen-bond donors (Lipinski definition) is 3. The molecule has 0 aliphatic rings. The molecule has 4 nitrogen and oxygen atoms in total. The minimum absolute atomic E-state index is 0.331. The molecule has 21 heavy (non-hydrogen) atoms. The predicted molar refractivity (Wildman–Crippen MR) is 84.4 cm³/mol. The largest absolute Gasteiger partial charge is 0.478 e. The molecule has 0 fully saturated rings. The summed E-state index contributed by atoms with van der Waals surface area (Å²) >= 11 is 0. The minimum atomic E-state index is -0.879. The van der Waals surface area contributed by atoms with E-state index in [4.69, 9.17) is 5.11 Å². The fraction of sp³-hybridized carbons (Fsp3) is 0.588. The average molecular weight is 296 g/mol. The van der Waals surface area contributed by atoms with Crippen molar-refractivity contribution in [3.63, 3.8) is 0 Å². The predicted octanol–water partition coefficient (Wildman–Crippen LogP) is 3.33. The van der Waals surface area contributed by atoms with E-state index in [1.807, 2.05) is 6.92 Å². The van der Waals surface area contributed by atoms with Crippen molar-refractivity contribution >= 4 is 5.97 Å². The second-order valence-corrected chi connectivity index (χ2v) is 5.63. The lowest BCUT2D eigenvalue weighted by molar-refractivity contribution is -0.0481. The number of aliphatic hydroxyl groups excluding tert-OH is 2. The third kappa shape index (κ3) is 6.74. The van der Waals surface area contributed by atoms with Crippen molar-refractivity contribution in [2.45, 2.75) is 59.2 Å². The van der Waals surface area contributed by atoms with Crippen LogP contribution in [0.2, 0.25) is 0 Å². The van der Waals surface area contributed by atoms with Gasteiger partial charge in [-0.15, -0.1) is 0 Å². The van der Waals surface area contributed by atoms with Crippen molar-refractivity contribution in [1.29, 1.82) is 0 Å². The van der Waals surface area contributed by atoms with Crippen LogP contribution in [0.25, 0.3) is 0 Å². The van der Waals surface area contributed by atoms with Gasteiger partial charge in [-0.1, -0.05) is 44.9 Å². The SMILES string of the molecule is CCCCC(C)(C(C)O)C(C)O.O=C(O)c1ccccc1. The summed E-state index contributed by atoms with van der Waals surface area (Å²) in [5, 5.41) is 27.4. The lowest BCUT2D eigenvalue weighted by Gasteiger charge is -2.35. The second-order valence-electron chi connectivity index (χ2n) is 5.63. The Morgan fingerprint density at radius 3 is 1.90 bits per heavy atom. The number of aromatic carboxylic acids is 1. The molecule has 2 atom stereocenters. The van der Waals surface area contributed by atoms with Gasteiger partial charge in [0.1, 0.15) is 0 Å². The van der Waals surface area contributed by atoms with Gasteiger partial charge in [0.05, 0.1) is 17.8 Å². The normalized spacial score (nSPS) is 16.1. The molecule has 120 valence electrons. The van der Waals surface area contributed by atoms with Crippen LogP contribution in [0.5, 0.6) is 0 Å². The van der Waals surface area contributed by atoms with E-state index in [2.05, 4.69) is 6.92 Å². The third-order valence-electron chi connectivity index (χ3n) is 4.00. The number of rotatable bonds is 6. The zero-order valence-electron chi connectivity index (χ0n) is 13.4. The van der Waals surface area contributed by atoms with E-state index in [0.29, 0.717) is 5.56 Å². The van der Waals surface area contributed by atoms with Crippen molar-refractivity contribution < 1.29 is 20.1 Å². The van der Waals surface area contributed by atoms with E-state index in [1.165, 1.54) is 0 Å². The summed E-state index contributed by atoms with van der Waals surface area (Å²) < 4.78 is 0. The average Bonchev–Trinajstić information content (AvgIpc) is 2.45. The Hall–Kier alpha value is -1.39. The van der Waals surface area contributed by atoms with Crippen LogP contribution >= 0.6 is 0 Å². The monoisotopic (exact) mass is 296 g/mol. The number of benzene rings is 1. The molecule has 0 aromatic heterocycles. The molecule has 0 radical (unpaired) electrons. The number of carboxylic acids is 1. The molecular weight excluding hydrogens is 268 g/mol. The van der Waals surface area contributed by atoms with Gasteiger partial charge < -0.3 is 15.3 Å². The number of carbonyl (C=O) groups is 1. The van der Waals surface area contributed by atoms with E-state index in [-0.39, 0.29) is 5.41 Å². The van der Waals surface area contributed by atoms with Crippen LogP contribution in [-0.4, -0.2) is 33.5 Å². The van der Waals surface area contributed by atoms with Gasteiger partial charge >= 0.3 is 5.97 Å². The van der Waals surface area contributed by atoms with Crippen LogP contribution in [0.1, 0.15) is 57.3 Å². The highest BCUT2D eigenvalue weighted by Crippen LogP contribution is 2.32. The smallest absolute Gasteiger partial charge is 0.335 e. The zero-order valence-corrected chi connectivity index (χ0v) is 13.4. The molecule has 3 N–H and O–H groups in total. The van der Waals surface area contributed by atoms with Gasteiger partial charge in [-0.25, -0.2) is 4.79 Å². The van der Waals surface area contributed by atoms with Gasteiger partial charge in [0.15, 0.2) is 0 Å². The van der Waals surface area contributed by atoms with Crippen molar-refractivity contribution in [3.05, 3.63) is 35.9 Å². The molecule has 0 bridgehead atoms. The number of aliphatic hydroxyl groups is 2. The first kappa shape index (κ1) is 19.6. The molecule has 1 aromatic carbocycles. The maximum Gasteiger partial charge on any atom is 0.335 e.